The molecule has 2 heterocycles. The number of carbonyl (C=O) groups excluding carboxylic acids is 1. The Morgan fingerprint density at radius 2 is 1.61 bits per heavy atom. The molecule has 1 amide bonds. The zero-order valence-corrected chi connectivity index (χ0v) is 13.0. The van der Waals surface area contributed by atoms with Crippen LogP contribution in [-0.4, -0.2) is 43.0 Å². The van der Waals surface area contributed by atoms with Crippen LogP contribution in [0.4, 0.5) is 0 Å². The van der Waals surface area contributed by atoms with E-state index in [0.29, 0.717) is 11.9 Å². The molecule has 2 rings (SSSR count). The van der Waals surface area contributed by atoms with Crippen LogP contribution in [0.15, 0.2) is 0 Å². The van der Waals surface area contributed by atoms with Crippen molar-refractivity contribution in [1.82, 2.24) is 4.90 Å². The molecule has 0 aliphatic carbocycles. The molecule has 0 saturated carbocycles. The summed E-state index contributed by atoms with van der Waals surface area (Å²) in [5.41, 5.74) is 5.82. The van der Waals surface area contributed by atoms with Crippen LogP contribution in [0, 0.1) is 5.92 Å². The summed E-state index contributed by atoms with van der Waals surface area (Å²) in [6.45, 7) is 7.44. The minimum Gasteiger partial charge on any atom is -0.662 e. The second kappa shape index (κ2) is 9.85. The molecule has 1 radical (unpaired) electrons. The molecule has 2 fully saturated rings. The summed E-state index contributed by atoms with van der Waals surface area (Å²) in [7, 11) is 0. The maximum Gasteiger partial charge on any atom is 0.225 e. The Bertz CT molecular complexity index is 224. The van der Waals surface area contributed by atoms with Crippen molar-refractivity contribution in [1.29, 1.82) is 0 Å². The normalized spacial score (nSPS) is 21.6. The summed E-state index contributed by atoms with van der Waals surface area (Å²) in [4.78, 5) is 14.1. The van der Waals surface area contributed by atoms with Crippen LogP contribution in [0.5, 0.6) is 0 Å². The van der Waals surface area contributed by atoms with Gasteiger partial charge in [0.05, 0.1) is 0 Å². The summed E-state index contributed by atoms with van der Waals surface area (Å²) in [5, 5.41) is 4.28. The third kappa shape index (κ3) is 5.31. The standard InChI is InChI=1S/C11H20N3O.C2H6.V/c12-10-3-7-14(8-4-10)11(15)9-1-5-13-6-2-9;1-2;/h9-10H,1-8,12H2;1-2H3;/q-1;;. The van der Waals surface area contributed by atoms with E-state index in [1.54, 1.807) is 0 Å². The SMILES string of the molecule is CC.NC1CCN(C(=O)C2CC[N-]CC2)CC1.[V]. The first kappa shape index (κ1) is 18.0. The monoisotopic (exact) mass is 291 g/mol. The molecule has 2 N–H and O–H groups in total. The van der Waals surface area contributed by atoms with E-state index in [2.05, 4.69) is 5.32 Å². The number of piperidine rings is 2. The van der Waals surface area contributed by atoms with Crippen molar-refractivity contribution in [3.8, 4) is 0 Å². The third-order valence-corrected chi connectivity index (χ3v) is 3.47. The molecule has 2 aliphatic heterocycles. The van der Waals surface area contributed by atoms with Gasteiger partial charge in [-0.25, -0.2) is 0 Å². The van der Waals surface area contributed by atoms with Gasteiger partial charge in [-0.2, -0.15) is 0 Å². The minimum atomic E-state index is 0. The predicted octanol–water partition coefficient (Wildman–Crippen LogP) is 1.74. The summed E-state index contributed by atoms with van der Waals surface area (Å²) >= 11 is 0. The van der Waals surface area contributed by atoms with Gasteiger partial charge in [0.15, 0.2) is 0 Å². The molecule has 0 aromatic carbocycles. The summed E-state index contributed by atoms with van der Waals surface area (Å²) < 4.78 is 0. The second-order valence-corrected chi connectivity index (χ2v) is 4.61. The third-order valence-electron chi connectivity index (χ3n) is 3.47. The molecule has 0 spiro atoms. The van der Waals surface area contributed by atoms with Crippen LogP contribution in [0.25, 0.3) is 5.32 Å². The first-order valence-corrected chi connectivity index (χ1v) is 6.95. The van der Waals surface area contributed by atoms with E-state index in [1.807, 2.05) is 18.7 Å². The smallest absolute Gasteiger partial charge is 0.225 e. The first-order chi connectivity index (χ1) is 8.27. The zero-order chi connectivity index (χ0) is 12.7. The summed E-state index contributed by atoms with van der Waals surface area (Å²) in [6, 6.07) is 0.301. The Kier molecular flexibility index (Phi) is 9.83. The van der Waals surface area contributed by atoms with E-state index in [-0.39, 0.29) is 24.5 Å². The number of nitrogens with zero attached hydrogens (tertiary/aromatic N) is 2. The molecule has 0 atom stereocenters. The fourth-order valence-corrected chi connectivity index (χ4v) is 2.38. The molecule has 0 aromatic rings. The maximum atomic E-state index is 12.1. The van der Waals surface area contributed by atoms with Gasteiger partial charge in [-0.15, -0.1) is 13.1 Å². The van der Waals surface area contributed by atoms with Gasteiger partial charge in [0.1, 0.15) is 0 Å². The van der Waals surface area contributed by atoms with Gasteiger partial charge >= 0.3 is 0 Å². The predicted molar refractivity (Wildman–Crippen MR) is 71.0 cm³/mol. The van der Waals surface area contributed by atoms with Gasteiger partial charge in [0, 0.05) is 43.6 Å². The van der Waals surface area contributed by atoms with Crippen LogP contribution in [0.3, 0.4) is 0 Å². The van der Waals surface area contributed by atoms with Gasteiger partial charge < -0.3 is 16.0 Å². The number of nitrogens with two attached hydrogens (primary N) is 1. The number of rotatable bonds is 1. The van der Waals surface area contributed by atoms with Crippen molar-refractivity contribution in [2.75, 3.05) is 26.2 Å². The van der Waals surface area contributed by atoms with Gasteiger partial charge in [0.2, 0.25) is 5.91 Å². The fraction of sp³-hybridized carbons (Fsp3) is 0.923. The van der Waals surface area contributed by atoms with Crippen LogP contribution in [0.2, 0.25) is 0 Å². The van der Waals surface area contributed by atoms with Crippen LogP contribution >= 0.6 is 0 Å². The summed E-state index contributed by atoms with van der Waals surface area (Å²) in [5.74, 6) is 0.577. The number of hydrogen-bond donors (Lipinski definition) is 1. The number of carbonyl (C=O) groups is 1. The van der Waals surface area contributed by atoms with Crippen LogP contribution in [0.1, 0.15) is 39.5 Å². The van der Waals surface area contributed by atoms with E-state index in [9.17, 15) is 4.79 Å². The van der Waals surface area contributed by atoms with Gasteiger partial charge in [-0.1, -0.05) is 26.7 Å². The maximum absolute atomic E-state index is 12.1. The fourth-order valence-electron chi connectivity index (χ4n) is 2.38. The Labute approximate surface area is 123 Å². The van der Waals surface area contributed by atoms with Crippen molar-refractivity contribution in [2.45, 2.75) is 45.6 Å². The van der Waals surface area contributed by atoms with E-state index in [4.69, 9.17) is 5.73 Å². The first-order valence-electron chi connectivity index (χ1n) is 6.95. The minimum absolute atomic E-state index is 0. The average molecular weight is 291 g/mol. The molecule has 0 aromatic heterocycles. The topological polar surface area (TPSA) is 60.4 Å². The molecular formula is C13H26N3OV-. The summed E-state index contributed by atoms with van der Waals surface area (Å²) in [6.07, 6.45) is 3.81. The van der Waals surface area contributed by atoms with Crippen molar-refractivity contribution < 1.29 is 23.4 Å². The van der Waals surface area contributed by atoms with Crippen molar-refractivity contribution in [3.05, 3.63) is 5.32 Å². The molecule has 2 aliphatic rings. The number of likely N-dealkylation sites (tertiary alicyclic amines) is 1. The van der Waals surface area contributed by atoms with E-state index in [0.717, 1.165) is 51.9 Å². The number of amides is 1. The molecule has 18 heavy (non-hydrogen) atoms. The average Bonchev–Trinajstić information content (AvgIpc) is 2.42. The Balaban J connectivity index is 0.000000917. The Hall–Kier alpha value is -0.0256. The second-order valence-electron chi connectivity index (χ2n) is 4.61. The zero-order valence-electron chi connectivity index (χ0n) is 11.6. The van der Waals surface area contributed by atoms with Gasteiger partial charge in [0.25, 0.3) is 0 Å². The van der Waals surface area contributed by atoms with Gasteiger partial charge in [-0.3, -0.25) is 4.79 Å². The van der Waals surface area contributed by atoms with Crippen molar-refractivity contribution in [2.24, 2.45) is 11.7 Å². The quantitative estimate of drug-likeness (QED) is 0.800. The largest absolute Gasteiger partial charge is 0.662 e. The molecule has 0 bridgehead atoms. The van der Waals surface area contributed by atoms with E-state index < -0.39 is 0 Å². The van der Waals surface area contributed by atoms with Crippen LogP contribution < -0.4 is 5.73 Å². The van der Waals surface area contributed by atoms with Crippen molar-refractivity contribution >= 4 is 5.91 Å². The number of hydrogen-bond acceptors (Lipinski definition) is 2. The molecule has 2 saturated heterocycles. The van der Waals surface area contributed by atoms with E-state index >= 15 is 0 Å². The molecular weight excluding hydrogens is 265 g/mol. The van der Waals surface area contributed by atoms with Crippen molar-refractivity contribution in [3.63, 3.8) is 0 Å². The van der Waals surface area contributed by atoms with Crippen LogP contribution in [-0.2, 0) is 23.4 Å². The van der Waals surface area contributed by atoms with E-state index in [1.165, 1.54) is 0 Å². The Morgan fingerprint density at radius 1 is 1.11 bits per heavy atom. The molecule has 105 valence electrons. The molecule has 5 heteroatoms. The Morgan fingerprint density at radius 3 is 2.11 bits per heavy atom. The molecule has 4 nitrogen and oxygen atoms in total. The molecule has 0 unspecified atom stereocenters. The van der Waals surface area contributed by atoms with Gasteiger partial charge in [-0.05, 0) is 12.8 Å².